The summed E-state index contributed by atoms with van der Waals surface area (Å²) in [6, 6.07) is 13.4. The number of anilines is 2. The maximum absolute atomic E-state index is 12.2. The summed E-state index contributed by atoms with van der Waals surface area (Å²) >= 11 is 1.45. The van der Waals surface area contributed by atoms with Crippen molar-refractivity contribution in [2.24, 2.45) is 0 Å². The van der Waals surface area contributed by atoms with Crippen molar-refractivity contribution in [2.75, 3.05) is 12.4 Å². The molecule has 3 rings (SSSR count). The number of carbonyl (C=O) groups excluding carboxylic acids is 1. The Balaban J connectivity index is 1.54. The van der Waals surface area contributed by atoms with Gasteiger partial charge in [-0.05, 0) is 25.1 Å². The molecule has 0 saturated carbocycles. The molecule has 0 aliphatic heterocycles. The minimum atomic E-state index is -0.0820. The second-order valence-electron chi connectivity index (χ2n) is 5.70. The molecular weight excluding hydrogens is 348 g/mol. The first kappa shape index (κ1) is 17.9. The molecule has 2 N–H and O–H groups in total. The number of nitrogens with one attached hydrogen (secondary N) is 2. The Labute approximate surface area is 156 Å². The summed E-state index contributed by atoms with van der Waals surface area (Å²) in [6.07, 6.45) is 0.231. The zero-order valence-electron chi connectivity index (χ0n) is 14.7. The van der Waals surface area contributed by atoms with Gasteiger partial charge in [0.05, 0.1) is 19.2 Å². The van der Waals surface area contributed by atoms with E-state index in [1.165, 1.54) is 11.3 Å². The van der Waals surface area contributed by atoms with Crippen molar-refractivity contribution in [3.05, 3.63) is 64.8 Å². The summed E-state index contributed by atoms with van der Waals surface area (Å²) in [5.41, 5.74) is 2.60. The van der Waals surface area contributed by atoms with Crippen LogP contribution in [-0.4, -0.2) is 23.0 Å². The molecule has 0 radical (unpaired) electrons. The SMILES string of the molecule is COc1ccccc1CNC(=O)Cc1csc(Nc2cccc(C)n2)n1. The number of nitrogens with zero attached hydrogens (tertiary/aromatic N) is 2. The van der Waals surface area contributed by atoms with E-state index in [0.29, 0.717) is 6.54 Å². The molecule has 0 aliphatic rings. The van der Waals surface area contributed by atoms with E-state index in [9.17, 15) is 4.79 Å². The second-order valence-corrected chi connectivity index (χ2v) is 6.56. The van der Waals surface area contributed by atoms with E-state index in [1.54, 1.807) is 7.11 Å². The molecular formula is C19H20N4O2S. The summed E-state index contributed by atoms with van der Waals surface area (Å²) in [6.45, 7) is 2.36. The van der Waals surface area contributed by atoms with Crippen LogP contribution in [0.1, 0.15) is 17.0 Å². The van der Waals surface area contributed by atoms with Gasteiger partial charge in [0.15, 0.2) is 5.13 Å². The van der Waals surface area contributed by atoms with E-state index in [2.05, 4.69) is 20.6 Å². The Kier molecular flexibility index (Phi) is 5.80. The molecule has 2 aromatic heterocycles. The molecule has 0 aliphatic carbocycles. The predicted octanol–water partition coefficient (Wildman–Crippen LogP) is 3.46. The highest BCUT2D eigenvalue weighted by atomic mass is 32.1. The number of carbonyl (C=O) groups is 1. The number of benzene rings is 1. The molecule has 1 amide bonds. The van der Waals surface area contributed by atoms with Crippen LogP contribution >= 0.6 is 11.3 Å². The molecule has 3 aromatic rings. The third-order valence-electron chi connectivity index (χ3n) is 3.69. The summed E-state index contributed by atoms with van der Waals surface area (Å²) in [5.74, 6) is 1.42. The average molecular weight is 368 g/mol. The number of hydrogen-bond acceptors (Lipinski definition) is 6. The number of aromatic nitrogens is 2. The highest BCUT2D eigenvalue weighted by Crippen LogP contribution is 2.20. The fourth-order valence-electron chi connectivity index (χ4n) is 2.44. The Morgan fingerprint density at radius 2 is 2.00 bits per heavy atom. The van der Waals surface area contributed by atoms with Crippen LogP contribution in [0.3, 0.4) is 0 Å². The first-order valence-corrected chi connectivity index (χ1v) is 9.05. The van der Waals surface area contributed by atoms with Crippen LogP contribution < -0.4 is 15.4 Å². The first-order valence-electron chi connectivity index (χ1n) is 8.18. The lowest BCUT2D eigenvalue weighted by molar-refractivity contribution is -0.120. The number of aryl methyl sites for hydroxylation is 1. The van der Waals surface area contributed by atoms with E-state index in [4.69, 9.17) is 4.74 Å². The highest BCUT2D eigenvalue weighted by molar-refractivity contribution is 7.13. The number of rotatable bonds is 7. The molecule has 2 heterocycles. The van der Waals surface area contributed by atoms with E-state index >= 15 is 0 Å². The lowest BCUT2D eigenvalue weighted by Crippen LogP contribution is -2.24. The summed E-state index contributed by atoms with van der Waals surface area (Å²) in [4.78, 5) is 21.0. The normalized spacial score (nSPS) is 10.4. The van der Waals surface area contributed by atoms with Gasteiger partial charge in [0.1, 0.15) is 11.6 Å². The first-order chi connectivity index (χ1) is 12.6. The lowest BCUT2D eigenvalue weighted by atomic mass is 10.2. The van der Waals surface area contributed by atoms with Crippen LogP contribution in [0.4, 0.5) is 10.9 Å². The van der Waals surface area contributed by atoms with E-state index in [1.807, 2.05) is 54.8 Å². The van der Waals surface area contributed by atoms with E-state index in [0.717, 1.165) is 33.7 Å². The Morgan fingerprint density at radius 3 is 2.81 bits per heavy atom. The molecule has 0 bridgehead atoms. The molecule has 0 spiro atoms. The maximum atomic E-state index is 12.2. The Morgan fingerprint density at radius 1 is 1.15 bits per heavy atom. The van der Waals surface area contributed by atoms with Gasteiger partial charge in [-0.2, -0.15) is 0 Å². The van der Waals surface area contributed by atoms with Gasteiger partial charge in [0.2, 0.25) is 5.91 Å². The van der Waals surface area contributed by atoms with Crippen molar-refractivity contribution < 1.29 is 9.53 Å². The van der Waals surface area contributed by atoms with Gasteiger partial charge >= 0.3 is 0 Å². The predicted molar refractivity (Wildman–Crippen MR) is 103 cm³/mol. The number of methoxy groups -OCH3 is 1. The molecule has 0 atom stereocenters. The topological polar surface area (TPSA) is 76.1 Å². The molecule has 6 nitrogen and oxygen atoms in total. The lowest BCUT2D eigenvalue weighted by Gasteiger charge is -2.09. The van der Waals surface area contributed by atoms with E-state index in [-0.39, 0.29) is 12.3 Å². The molecule has 134 valence electrons. The third-order valence-corrected chi connectivity index (χ3v) is 4.49. The smallest absolute Gasteiger partial charge is 0.226 e. The van der Waals surface area contributed by atoms with Crippen LogP contribution in [0.15, 0.2) is 47.8 Å². The summed E-state index contributed by atoms with van der Waals surface area (Å²) in [5, 5.41) is 8.65. The zero-order valence-corrected chi connectivity index (χ0v) is 15.5. The second kappa shape index (κ2) is 8.44. The monoisotopic (exact) mass is 368 g/mol. The molecule has 26 heavy (non-hydrogen) atoms. The quantitative estimate of drug-likeness (QED) is 0.668. The fraction of sp³-hybridized carbons (Fsp3) is 0.211. The Bertz CT molecular complexity index is 895. The maximum Gasteiger partial charge on any atom is 0.226 e. The van der Waals surface area contributed by atoms with Crippen molar-refractivity contribution in [3.63, 3.8) is 0 Å². The van der Waals surface area contributed by atoms with Crippen molar-refractivity contribution in [2.45, 2.75) is 19.9 Å². The highest BCUT2D eigenvalue weighted by Gasteiger charge is 2.09. The van der Waals surface area contributed by atoms with Crippen LogP contribution in [0.2, 0.25) is 0 Å². The van der Waals surface area contributed by atoms with Gasteiger partial charge in [-0.3, -0.25) is 4.79 Å². The number of thiazole rings is 1. The standard InChI is InChI=1S/C19H20N4O2S/c1-13-6-5-9-17(21-13)23-19-22-15(12-26-19)10-18(24)20-11-14-7-3-4-8-16(14)25-2/h3-9,12H,10-11H2,1-2H3,(H,20,24)(H,21,22,23). The van der Waals surface area contributed by atoms with Crippen LogP contribution in [0, 0.1) is 6.92 Å². The number of amides is 1. The third kappa shape index (κ3) is 4.80. The van der Waals surface area contributed by atoms with Crippen molar-refractivity contribution in [3.8, 4) is 5.75 Å². The van der Waals surface area contributed by atoms with E-state index < -0.39 is 0 Å². The van der Waals surface area contributed by atoms with Gasteiger partial charge in [0, 0.05) is 23.2 Å². The minimum absolute atomic E-state index is 0.0820. The van der Waals surface area contributed by atoms with Gasteiger partial charge in [-0.25, -0.2) is 9.97 Å². The number of pyridine rings is 1. The average Bonchev–Trinajstić information content (AvgIpc) is 3.07. The summed E-state index contributed by atoms with van der Waals surface area (Å²) in [7, 11) is 1.62. The van der Waals surface area contributed by atoms with Gasteiger partial charge in [0.25, 0.3) is 0 Å². The van der Waals surface area contributed by atoms with Crippen molar-refractivity contribution in [1.29, 1.82) is 0 Å². The van der Waals surface area contributed by atoms with Gasteiger partial charge in [-0.15, -0.1) is 11.3 Å². The van der Waals surface area contributed by atoms with Crippen LogP contribution in [0.5, 0.6) is 5.75 Å². The zero-order chi connectivity index (χ0) is 18.4. The molecule has 0 fully saturated rings. The minimum Gasteiger partial charge on any atom is -0.496 e. The van der Waals surface area contributed by atoms with Crippen molar-refractivity contribution >= 4 is 28.2 Å². The number of ether oxygens (including phenoxy) is 1. The van der Waals surface area contributed by atoms with Gasteiger partial charge in [-0.1, -0.05) is 24.3 Å². The molecule has 0 saturated heterocycles. The van der Waals surface area contributed by atoms with Crippen LogP contribution in [-0.2, 0) is 17.8 Å². The molecule has 0 unspecified atom stereocenters. The van der Waals surface area contributed by atoms with Crippen LogP contribution in [0.25, 0.3) is 0 Å². The molecule has 7 heteroatoms. The molecule has 1 aromatic carbocycles. The Hall–Kier alpha value is -2.93. The van der Waals surface area contributed by atoms with Gasteiger partial charge < -0.3 is 15.4 Å². The number of hydrogen-bond donors (Lipinski definition) is 2. The van der Waals surface area contributed by atoms with Crippen molar-refractivity contribution in [1.82, 2.24) is 15.3 Å². The number of para-hydroxylation sites is 1. The fourth-order valence-corrected chi connectivity index (χ4v) is 3.15. The largest absolute Gasteiger partial charge is 0.496 e. The summed E-state index contributed by atoms with van der Waals surface area (Å²) < 4.78 is 5.29.